The molecule has 0 aliphatic carbocycles. The third kappa shape index (κ3) is 4.74. The third-order valence-electron chi connectivity index (χ3n) is 5.41. The zero-order valence-corrected chi connectivity index (χ0v) is 18.4. The first-order chi connectivity index (χ1) is 13.2. The molecule has 0 bridgehead atoms. The molecule has 0 saturated carbocycles. The van der Waals surface area contributed by atoms with Crippen molar-refractivity contribution in [2.45, 2.75) is 18.9 Å². The molecule has 7 nitrogen and oxygen atoms in total. The van der Waals surface area contributed by atoms with Crippen LogP contribution in [0.2, 0.25) is 10.0 Å². The molecule has 10 heteroatoms. The summed E-state index contributed by atoms with van der Waals surface area (Å²) in [6.45, 7) is 5.52. The van der Waals surface area contributed by atoms with Crippen LogP contribution in [0.5, 0.6) is 0 Å². The predicted octanol–water partition coefficient (Wildman–Crippen LogP) is 2.07. The highest BCUT2D eigenvalue weighted by Crippen LogP contribution is 2.32. The van der Waals surface area contributed by atoms with Gasteiger partial charge in [-0.05, 0) is 24.2 Å². The fourth-order valence-corrected chi connectivity index (χ4v) is 5.05. The molecule has 28 heavy (non-hydrogen) atoms. The number of carbonyl (C=O) groups excluding carboxylic acids is 1. The van der Waals surface area contributed by atoms with E-state index in [1.54, 1.807) is 11.0 Å². The lowest BCUT2D eigenvalue weighted by Crippen LogP contribution is -2.53. The van der Waals surface area contributed by atoms with Crippen LogP contribution in [0.4, 0.5) is 4.79 Å². The highest BCUT2D eigenvalue weighted by atomic mass is 35.5. The Morgan fingerprint density at radius 2 is 1.79 bits per heavy atom. The Labute approximate surface area is 176 Å². The molecular formula is C18H26Cl2N4O3S. The van der Waals surface area contributed by atoms with Crippen LogP contribution in [0, 0.1) is 0 Å². The van der Waals surface area contributed by atoms with Crippen LogP contribution >= 0.6 is 23.2 Å². The van der Waals surface area contributed by atoms with Gasteiger partial charge in [0, 0.05) is 51.2 Å². The van der Waals surface area contributed by atoms with Gasteiger partial charge in [0.15, 0.2) is 0 Å². The lowest BCUT2D eigenvalue weighted by molar-refractivity contribution is 0.141. The summed E-state index contributed by atoms with van der Waals surface area (Å²) in [5.41, 5.74) is 1.05. The van der Waals surface area contributed by atoms with Crippen LogP contribution in [0.3, 0.4) is 0 Å². The van der Waals surface area contributed by atoms with Crippen molar-refractivity contribution in [2.75, 3.05) is 52.1 Å². The van der Waals surface area contributed by atoms with Crippen molar-refractivity contribution in [2.24, 2.45) is 0 Å². The van der Waals surface area contributed by atoms with Crippen LogP contribution in [-0.2, 0) is 10.0 Å². The summed E-state index contributed by atoms with van der Waals surface area (Å²) in [5, 5.41) is 4.49. The Morgan fingerprint density at radius 1 is 1.11 bits per heavy atom. The van der Waals surface area contributed by atoms with Gasteiger partial charge in [0.05, 0.1) is 16.3 Å². The molecule has 2 aliphatic rings. The molecule has 3 rings (SSSR count). The smallest absolute Gasteiger partial charge is 0.320 e. The normalized spacial score (nSPS) is 24.0. The van der Waals surface area contributed by atoms with E-state index in [1.165, 1.54) is 10.6 Å². The molecule has 2 saturated heterocycles. The fraction of sp³-hybridized carbons (Fsp3) is 0.611. The molecule has 2 aliphatic heterocycles. The molecule has 2 atom stereocenters. The highest BCUT2D eigenvalue weighted by Gasteiger charge is 2.38. The topological polar surface area (TPSA) is 73.0 Å². The van der Waals surface area contributed by atoms with E-state index in [0.29, 0.717) is 49.3 Å². The Hall–Kier alpha value is -1.06. The lowest BCUT2D eigenvalue weighted by atomic mass is 9.94. The molecule has 1 N–H and O–H groups in total. The van der Waals surface area contributed by atoms with E-state index in [2.05, 4.69) is 5.32 Å². The van der Waals surface area contributed by atoms with Crippen LogP contribution in [0.15, 0.2) is 18.2 Å². The van der Waals surface area contributed by atoms with E-state index < -0.39 is 10.0 Å². The number of piperazine rings is 1. The van der Waals surface area contributed by atoms with Gasteiger partial charge >= 0.3 is 6.03 Å². The van der Waals surface area contributed by atoms with E-state index in [0.717, 1.165) is 12.1 Å². The average Bonchev–Trinajstić information content (AvgIpc) is 3.07. The molecule has 1 aromatic rings. The quantitative estimate of drug-likeness (QED) is 0.764. The van der Waals surface area contributed by atoms with Gasteiger partial charge in [-0.1, -0.05) is 36.2 Å². The molecule has 0 spiro atoms. The molecule has 1 aromatic carbocycles. The maximum absolute atomic E-state index is 13.0. The highest BCUT2D eigenvalue weighted by molar-refractivity contribution is 7.88. The summed E-state index contributed by atoms with van der Waals surface area (Å²) in [5.74, 6) is 0.121. The Kier molecular flexibility index (Phi) is 6.76. The van der Waals surface area contributed by atoms with Crippen LogP contribution in [0.25, 0.3) is 0 Å². The number of rotatable bonds is 4. The van der Waals surface area contributed by atoms with E-state index in [-0.39, 0.29) is 18.0 Å². The van der Waals surface area contributed by atoms with Crippen LogP contribution < -0.4 is 5.32 Å². The minimum atomic E-state index is -3.21. The number of carbonyl (C=O) groups is 1. The number of likely N-dealkylation sites (tertiary alicyclic amines) is 1. The van der Waals surface area contributed by atoms with Gasteiger partial charge in [-0.15, -0.1) is 0 Å². The summed E-state index contributed by atoms with van der Waals surface area (Å²) in [4.78, 5) is 16.6. The SMILES string of the molecule is CCN[C@@H]1CN(C(=O)N2CCN(S(C)(=O)=O)CC2)C[C@H]1c1ccc(Cl)c(Cl)c1. The first kappa shape index (κ1) is 21.6. The summed E-state index contributed by atoms with van der Waals surface area (Å²) >= 11 is 12.2. The average molecular weight is 449 g/mol. The minimum absolute atomic E-state index is 0.0429. The molecule has 156 valence electrons. The second-order valence-corrected chi connectivity index (χ2v) is 10.1. The molecule has 0 aromatic heterocycles. The van der Waals surface area contributed by atoms with E-state index >= 15 is 0 Å². The number of nitrogens with zero attached hydrogens (tertiary/aromatic N) is 3. The molecular weight excluding hydrogens is 423 g/mol. The molecule has 2 fully saturated rings. The molecule has 2 heterocycles. The van der Waals surface area contributed by atoms with Gasteiger partial charge in [0.2, 0.25) is 10.0 Å². The van der Waals surface area contributed by atoms with Gasteiger partial charge in [-0.3, -0.25) is 0 Å². The number of amides is 2. The summed E-state index contributed by atoms with van der Waals surface area (Å²) < 4.78 is 24.8. The third-order valence-corrected chi connectivity index (χ3v) is 7.45. The molecule has 2 amide bonds. The Morgan fingerprint density at radius 3 is 2.36 bits per heavy atom. The van der Waals surface area contributed by atoms with Crippen molar-refractivity contribution in [1.29, 1.82) is 0 Å². The van der Waals surface area contributed by atoms with E-state index in [1.807, 2.05) is 24.0 Å². The van der Waals surface area contributed by atoms with Crippen molar-refractivity contribution in [3.8, 4) is 0 Å². The van der Waals surface area contributed by atoms with Crippen molar-refractivity contribution >= 4 is 39.3 Å². The number of benzene rings is 1. The second-order valence-electron chi connectivity index (χ2n) is 7.28. The largest absolute Gasteiger partial charge is 0.322 e. The lowest BCUT2D eigenvalue weighted by Gasteiger charge is -2.35. The van der Waals surface area contributed by atoms with Gasteiger partial charge in [0.1, 0.15) is 0 Å². The second kappa shape index (κ2) is 8.75. The van der Waals surface area contributed by atoms with Gasteiger partial charge in [0.25, 0.3) is 0 Å². The number of halogens is 2. The zero-order valence-electron chi connectivity index (χ0n) is 16.1. The van der Waals surface area contributed by atoms with Crippen molar-refractivity contribution < 1.29 is 13.2 Å². The maximum Gasteiger partial charge on any atom is 0.320 e. The van der Waals surface area contributed by atoms with Gasteiger partial charge in [-0.2, -0.15) is 4.31 Å². The maximum atomic E-state index is 13.0. The van der Waals surface area contributed by atoms with Crippen molar-refractivity contribution in [3.05, 3.63) is 33.8 Å². The number of hydrogen-bond donors (Lipinski definition) is 1. The number of likely N-dealkylation sites (N-methyl/N-ethyl adjacent to an activating group) is 1. The number of hydrogen-bond acceptors (Lipinski definition) is 4. The summed E-state index contributed by atoms with van der Waals surface area (Å²) in [6.07, 6.45) is 1.20. The fourth-order valence-electron chi connectivity index (χ4n) is 3.92. The first-order valence-electron chi connectivity index (χ1n) is 9.38. The standard InChI is InChI=1S/C18H26Cl2N4O3S/c1-3-21-17-12-23(11-14(17)13-4-5-15(19)16(20)10-13)18(25)22-6-8-24(9-7-22)28(2,26)27/h4-5,10,14,17,21H,3,6-9,11-12H2,1-2H3/t14-,17+/m0/s1. The Balaban J connectivity index is 1.69. The van der Waals surface area contributed by atoms with Crippen molar-refractivity contribution in [1.82, 2.24) is 19.4 Å². The van der Waals surface area contributed by atoms with Gasteiger partial charge in [-0.25, -0.2) is 13.2 Å². The predicted molar refractivity (Wildman–Crippen MR) is 112 cm³/mol. The van der Waals surface area contributed by atoms with Crippen molar-refractivity contribution in [3.63, 3.8) is 0 Å². The van der Waals surface area contributed by atoms with E-state index in [4.69, 9.17) is 23.2 Å². The first-order valence-corrected chi connectivity index (χ1v) is 12.0. The summed E-state index contributed by atoms with van der Waals surface area (Å²) in [6, 6.07) is 5.71. The number of nitrogens with one attached hydrogen (secondary N) is 1. The monoisotopic (exact) mass is 448 g/mol. The van der Waals surface area contributed by atoms with E-state index in [9.17, 15) is 13.2 Å². The van der Waals surface area contributed by atoms with Gasteiger partial charge < -0.3 is 15.1 Å². The van der Waals surface area contributed by atoms with Crippen LogP contribution in [-0.4, -0.2) is 86.7 Å². The minimum Gasteiger partial charge on any atom is -0.322 e. The Bertz CT molecular complexity index is 828. The zero-order chi connectivity index (χ0) is 20.5. The molecule has 0 unspecified atom stereocenters. The van der Waals surface area contributed by atoms with Crippen LogP contribution in [0.1, 0.15) is 18.4 Å². The number of sulfonamides is 1. The summed E-state index contributed by atoms with van der Waals surface area (Å²) in [7, 11) is -3.21. The molecule has 0 radical (unpaired) electrons. The number of urea groups is 1.